The van der Waals surface area contributed by atoms with Crippen LogP contribution in [-0.2, 0) is 41.6 Å². The Morgan fingerprint density at radius 2 is 1.45 bits per heavy atom. The molecular formula is C32H51N11O8. The van der Waals surface area contributed by atoms with Crippen molar-refractivity contribution in [3.05, 3.63) is 36.4 Å². The largest absolute Gasteiger partial charge is 0.480 e. The van der Waals surface area contributed by atoms with Gasteiger partial charge in [0.15, 0.2) is 0 Å². The van der Waals surface area contributed by atoms with Crippen LogP contribution in [0.4, 0.5) is 0 Å². The smallest absolute Gasteiger partial charge is 0.326 e. The molecule has 1 aliphatic rings. The van der Waals surface area contributed by atoms with E-state index in [-0.39, 0.29) is 38.1 Å². The number of aliphatic hydroxyl groups is 1. The first-order chi connectivity index (χ1) is 24.3. The maximum absolute atomic E-state index is 13.9. The monoisotopic (exact) mass is 717 g/mol. The number of hydrogen-bond acceptors (Lipinski definition) is 11. The van der Waals surface area contributed by atoms with Crippen LogP contribution in [0.15, 0.2) is 25.0 Å². The normalized spacial score (nSPS) is 17.2. The molecular weight excluding hydrogens is 666 g/mol. The van der Waals surface area contributed by atoms with Crippen LogP contribution in [-0.4, -0.2) is 127 Å². The minimum Gasteiger partial charge on any atom is -0.480 e. The van der Waals surface area contributed by atoms with Crippen LogP contribution in [0, 0.1) is 5.92 Å². The van der Waals surface area contributed by atoms with Gasteiger partial charge in [-0.3, -0.25) is 24.0 Å². The van der Waals surface area contributed by atoms with Crippen LogP contribution in [0.1, 0.15) is 63.8 Å². The van der Waals surface area contributed by atoms with Crippen LogP contribution < -0.4 is 32.7 Å². The summed E-state index contributed by atoms with van der Waals surface area (Å²) in [5.74, 6) is -4.63. The second-order valence-corrected chi connectivity index (χ2v) is 13.0. The van der Waals surface area contributed by atoms with Crippen molar-refractivity contribution in [2.45, 2.75) is 101 Å². The number of likely N-dealkylation sites (tertiary alicyclic amines) is 1. The highest BCUT2D eigenvalue weighted by Crippen LogP contribution is 2.19. The number of hydrogen-bond donors (Lipinski definition) is 10. The molecule has 282 valence electrons. The summed E-state index contributed by atoms with van der Waals surface area (Å²) in [6.45, 7) is 3.74. The molecule has 1 fully saturated rings. The lowest BCUT2D eigenvalue weighted by Gasteiger charge is -2.29. The molecule has 6 atom stereocenters. The number of carbonyl (C=O) groups is 6. The molecule has 1 aliphatic heterocycles. The summed E-state index contributed by atoms with van der Waals surface area (Å²) in [5, 5.41) is 29.8. The molecule has 0 bridgehead atoms. The summed E-state index contributed by atoms with van der Waals surface area (Å²) in [7, 11) is 0. The van der Waals surface area contributed by atoms with Gasteiger partial charge in [-0.15, -0.1) is 0 Å². The maximum atomic E-state index is 13.9. The molecule has 3 heterocycles. The molecule has 19 heteroatoms. The molecule has 19 nitrogen and oxygen atoms in total. The van der Waals surface area contributed by atoms with Crippen molar-refractivity contribution in [1.29, 1.82) is 0 Å². The number of carboxylic acids is 1. The van der Waals surface area contributed by atoms with Gasteiger partial charge in [0.2, 0.25) is 29.5 Å². The van der Waals surface area contributed by atoms with Crippen molar-refractivity contribution in [3.8, 4) is 0 Å². The van der Waals surface area contributed by atoms with Gasteiger partial charge in [0.25, 0.3) is 0 Å². The number of carboxylic acid groups (broad SMARTS) is 1. The van der Waals surface area contributed by atoms with Crippen molar-refractivity contribution in [2.75, 3.05) is 19.7 Å². The van der Waals surface area contributed by atoms with E-state index in [0.29, 0.717) is 43.6 Å². The van der Waals surface area contributed by atoms with E-state index in [2.05, 4.69) is 41.2 Å². The fraction of sp³-hybridized carbons (Fsp3) is 0.625. The van der Waals surface area contributed by atoms with Crippen LogP contribution in [0.3, 0.4) is 0 Å². The number of aromatic nitrogens is 4. The third-order valence-electron chi connectivity index (χ3n) is 8.48. The average molecular weight is 718 g/mol. The quantitative estimate of drug-likeness (QED) is 0.0596. The molecule has 0 unspecified atom stereocenters. The number of aliphatic carboxylic acids is 1. The Kier molecular flexibility index (Phi) is 16.0. The number of nitrogens with two attached hydrogens (primary N) is 2. The summed E-state index contributed by atoms with van der Waals surface area (Å²) in [5.41, 5.74) is 12.3. The predicted molar refractivity (Wildman–Crippen MR) is 182 cm³/mol. The van der Waals surface area contributed by atoms with E-state index in [1.807, 2.05) is 13.8 Å². The number of aromatic amines is 2. The maximum Gasteiger partial charge on any atom is 0.326 e. The van der Waals surface area contributed by atoms with Gasteiger partial charge in [-0.25, -0.2) is 14.8 Å². The summed E-state index contributed by atoms with van der Waals surface area (Å²) in [6.07, 6.45) is 7.76. The second kappa shape index (κ2) is 20.1. The van der Waals surface area contributed by atoms with Gasteiger partial charge >= 0.3 is 5.97 Å². The van der Waals surface area contributed by atoms with Crippen LogP contribution in [0.2, 0.25) is 0 Å². The number of nitrogens with one attached hydrogen (secondary N) is 6. The van der Waals surface area contributed by atoms with Crippen molar-refractivity contribution < 1.29 is 39.0 Å². The highest BCUT2D eigenvalue weighted by atomic mass is 16.4. The van der Waals surface area contributed by atoms with E-state index in [4.69, 9.17) is 11.5 Å². The number of H-pyrrole nitrogens is 2. The molecule has 0 radical (unpaired) electrons. The minimum absolute atomic E-state index is 0.0570. The van der Waals surface area contributed by atoms with Crippen LogP contribution in [0.25, 0.3) is 0 Å². The molecule has 12 N–H and O–H groups in total. The van der Waals surface area contributed by atoms with Crippen molar-refractivity contribution in [2.24, 2.45) is 17.4 Å². The molecule has 2 aromatic rings. The van der Waals surface area contributed by atoms with Gasteiger partial charge in [-0.05, 0) is 51.0 Å². The lowest BCUT2D eigenvalue weighted by atomic mass is 10.0. The van der Waals surface area contributed by atoms with Crippen molar-refractivity contribution >= 4 is 35.5 Å². The zero-order chi connectivity index (χ0) is 37.5. The van der Waals surface area contributed by atoms with E-state index in [0.717, 1.165) is 0 Å². The lowest BCUT2D eigenvalue weighted by molar-refractivity contribution is -0.142. The molecule has 0 saturated carbocycles. The summed E-state index contributed by atoms with van der Waals surface area (Å²) in [6, 6.07) is -6.91. The Bertz CT molecular complexity index is 1440. The Morgan fingerprint density at radius 1 is 0.882 bits per heavy atom. The van der Waals surface area contributed by atoms with Gasteiger partial charge < -0.3 is 57.8 Å². The van der Waals surface area contributed by atoms with Gasteiger partial charge in [-0.2, -0.15) is 0 Å². The fourth-order valence-electron chi connectivity index (χ4n) is 5.79. The number of aliphatic hydroxyl groups excluding tert-OH is 1. The van der Waals surface area contributed by atoms with E-state index >= 15 is 0 Å². The zero-order valence-electron chi connectivity index (χ0n) is 29.0. The third-order valence-corrected chi connectivity index (χ3v) is 8.48. The van der Waals surface area contributed by atoms with E-state index < -0.39 is 78.4 Å². The highest BCUT2D eigenvalue weighted by molar-refractivity contribution is 5.96. The number of carbonyl (C=O) groups excluding carboxylic acids is 5. The van der Waals surface area contributed by atoms with Gasteiger partial charge in [-0.1, -0.05) is 13.8 Å². The molecule has 51 heavy (non-hydrogen) atoms. The van der Waals surface area contributed by atoms with Crippen LogP contribution in [0.5, 0.6) is 0 Å². The van der Waals surface area contributed by atoms with Crippen LogP contribution >= 0.6 is 0 Å². The molecule has 5 amide bonds. The van der Waals surface area contributed by atoms with E-state index in [9.17, 15) is 39.0 Å². The number of rotatable bonds is 21. The summed E-state index contributed by atoms with van der Waals surface area (Å²) >= 11 is 0. The second-order valence-electron chi connectivity index (χ2n) is 13.0. The van der Waals surface area contributed by atoms with E-state index in [1.54, 1.807) is 0 Å². The number of imidazole rings is 2. The minimum atomic E-state index is -1.32. The number of amides is 5. The fourth-order valence-corrected chi connectivity index (χ4v) is 5.79. The SMILES string of the molecule is CC(C)C[C@H](NC(=O)[C@@H]1CCCN1C(=O)[C@@H](N)CO)C(=O)N[C@@H](Cc1cnc[nH]1)C(=O)N[C@@H](CCCCN)C(=O)N[C@@H](Cc1cnc[nH]1)C(=O)O. The Labute approximate surface area is 295 Å². The summed E-state index contributed by atoms with van der Waals surface area (Å²) in [4.78, 5) is 94.1. The van der Waals surface area contributed by atoms with Crippen molar-refractivity contribution in [1.82, 2.24) is 46.1 Å². The topological polar surface area (TPSA) is 304 Å². The molecule has 0 aromatic carbocycles. The zero-order valence-corrected chi connectivity index (χ0v) is 29.0. The number of unbranched alkanes of at least 4 members (excludes halogenated alkanes) is 1. The predicted octanol–water partition coefficient (Wildman–Crippen LogP) is -2.57. The third kappa shape index (κ3) is 12.4. The first-order valence-electron chi connectivity index (χ1n) is 17.1. The standard InChI is InChI=1S/C32H51N11O8/c1-18(2)10-23(41-30(48)26-7-5-9-43(26)31(49)21(34)15-44)28(46)40-24(11-19-13-35-16-37-19)29(47)39-22(6-3-4-8-33)27(45)42-25(32(50)51)12-20-14-36-17-38-20/h13-14,16-18,21-26,44H,3-12,15,33-34H2,1-2H3,(H,35,37)(H,36,38)(H,39,47)(H,40,46)(H,41,48)(H,42,45)(H,50,51)/t21-,22-,23-,24-,25-,26-/m0/s1. The van der Waals surface area contributed by atoms with Gasteiger partial charge in [0, 0.05) is 43.2 Å². The lowest BCUT2D eigenvalue weighted by Crippen LogP contribution is -2.59. The first-order valence-corrected chi connectivity index (χ1v) is 17.1. The molecule has 2 aromatic heterocycles. The van der Waals surface area contributed by atoms with Gasteiger partial charge in [0.05, 0.1) is 19.3 Å². The Hall–Kier alpha value is -4.88. The molecule has 1 saturated heterocycles. The van der Waals surface area contributed by atoms with Crippen molar-refractivity contribution in [3.63, 3.8) is 0 Å². The van der Waals surface area contributed by atoms with E-state index in [1.165, 1.54) is 29.9 Å². The molecule has 0 aliphatic carbocycles. The average Bonchev–Trinajstić information content (AvgIpc) is 3.90. The first kappa shape index (κ1) is 40.5. The Balaban J connectivity index is 1.80. The number of nitrogens with zero attached hydrogens (tertiary/aromatic N) is 3. The highest BCUT2D eigenvalue weighted by Gasteiger charge is 2.38. The molecule has 3 rings (SSSR count). The Morgan fingerprint density at radius 3 is 2.00 bits per heavy atom. The summed E-state index contributed by atoms with van der Waals surface area (Å²) < 4.78 is 0. The van der Waals surface area contributed by atoms with Gasteiger partial charge in [0.1, 0.15) is 36.3 Å². The molecule has 0 spiro atoms.